The fraction of sp³-hybridized carbons (Fsp3) is 0.316. The Morgan fingerprint density at radius 2 is 1.91 bits per heavy atom. The van der Waals surface area contributed by atoms with Crippen LogP contribution in [0.4, 0.5) is 5.69 Å². The molecule has 1 N–H and O–H groups in total. The van der Waals surface area contributed by atoms with E-state index < -0.39 is 0 Å². The minimum atomic E-state index is -0.257. The highest BCUT2D eigenvalue weighted by Crippen LogP contribution is 2.21. The number of aryl methyl sites for hydroxylation is 2. The minimum absolute atomic E-state index is 0.0645. The predicted octanol–water partition coefficient (Wildman–Crippen LogP) is 4.42. The number of carbonyl (C=O) groups is 1. The Hall–Kier alpha value is -1.84. The summed E-state index contributed by atoms with van der Waals surface area (Å²) in [6.45, 7) is 6.81. The Bertz CT molecular complexity index is 700. The average Bonchev–Trinajstić information content (AvgIpc) is 2.51. The quantitative estimate of drug-likeness (QED) is 0.880. The molecule has 0 aromatic heterocycles. The monoisotopic (exact) mass is 330 g/mol. The van der Waals surface area contributed by atoms with E-state index in [1.807, 2.05) is 31.0 Å². The molecule has 2 aromatic carbocycles. The zero-order valence-electron chi connectivity index (χ0n) is 14.1. The van der Waals surface area contributed by atoms with Crippen LogP contribution in [0.2, 0.25) is 5.02 Å². The lowest BCUT2D eigenvalue weighted by molar-refractivity contribution is -0.120. The van der Waals surface area contributed by atoms with E-state index >= 15 is 0 Å². The van der Waals surface area contributed by atoms with Crippen molar-refractivity contribution in [3.8, 4) is 0 Å². The average molecular weight is 331 g/mol. The van der Waals surface area contributed by atoms with Gasteiger partial charge in [0.25, 0.3) is 0 Å². The summed E-state index contributed by atoms with van der Waals surface area (Å²) in [5, 5.41) is 3.43. The van der Waals surface area contributed by atoms with Crippen molar-refractivity contribution in [1.82, 2.24) is 4.90 Å². The summed E-state index contributed by atoms with van der Waals surface area (Å²) in [4.78, 5) is 14.5. The first-order valence-electron chi connectivity index (χ1n) is 7.70. The highest BCUT2D eigenvalue weighted by Gasteiger charge is 2.19. The molecule has 1 atom stereocenters. The maximum atomic E-state index is 12.4. The van der Waals surface area contributed by atoms with Crippen LogP contribution < -0.4 is 5.32 Å². The van der Waals surface area contributed by atoms with Gasteiger partial charge in [-0.15, -0.1) is 0 Å². The topological polar surface area (TPSA) is 32.3 Å². The van der Waals surface area contributed by atoms with Crippen molar-refractivity contribution >= 4 is 23.2 Å². The lowest BCUT2D eigenvalue weighted by Crippen LogP contribution is -2.39. The van der Waals surface area contributed by atoms with Crippen LogP contribution in [0.5, 0.6) is 0 Å². The molecule has 2 aromatic rings. The normalized spacial score (nSPS) is 12.3. The maximum Gasteiger partial charge on any atom is 0.241 e. The van der Waals surface area contributed by atoms with E-state index in [-0.39, 0.29) is 11.9 Å². The predicted molar refractivity (Wildman–Crippen MR) is 96.9 cm³/mol. The van der Waals surface area contributed by atoms with Gasteiger partial charge in [-0.25, -0.2) is 0 Å². The molecule has 23 heavy (non-hydrogen) atoms. The Balaban J connectivity index is 2.02. The van der Waals surface area contributed by atoms with E-state index in [9.17, 15) is 4.79 Å². The molecule has 0 radical (unpaired) electrons. The molecule has 0 aliphatic rings. The molecule has 0 saturated heterocycles. The summed E-state index contributed by atoms with van der Waals surface area (Å²) in [5.41, 5.74) is 4.37. The van der Waals surface area contributed by atoms with Gasteiger partial charge in [0, 0.05) is 6.54 Å². The second-order valence-electron chi connectivity index (χ2n) is 5.99. The van der Waals surface area contributed by atoms with Crippen molar-refractivity contribution in [2.75, 3.05) is 12.4 Å². The van der Waals surface area contributed by atoms with Crippen molar-refractivity contribution in [3.05, 3.63) is 64.2 Å². The van der Waals surface area contributed by atoms with Gasteiger partial charge in [0.1, 0.15) is 0 Å². The van der Waals surface area contributed by atoms with E-state index in [2.05, 4.69) is 37.4 Å². The molecule has 1 amide bonds. The first-order chi connectivity index (χ1) is 10.9. The molecule has 0 bridgehead atoms. The van der Waals surface area contributed by atoms with Gasteiger partial charge in [-0.1, -0.05) is 47.5 Å². The molecular formula is C19H23ClN2O. The Labute approximate surface area is 143 Å². The van der Waals surface area contributed by atoms with E-state index in [4.69, 9.17) is 11.6 Å². The number of nitrogens with one attached hydrogen (secondary N) is 1. The summed E-state index contributed by atoms with van der Waals surface area (Å²) in [6.07, 6.45) is 0. The molecule has 0 fully saturated rings. The number of rotatable bonds is 5. The largest absolute Gasteiger partial charge is 0.323 e. The van der Waals surface area contributed by atoms with Crippen molar-refractivity contribution in [2.45, 2.75) is 33.4 Å². The number of likely N-dealkylation sites (N-methyl/N-ethyl adjacent to an activating group) is 1. The molecule has 2 rings (SSSR count). The third-order valence-electron chi connectivity index (χ3n) is 4.09. The highest BCUT2D eigenvalue weighted by molar-refractivity contribution is 6.33. The van der Waals surface area contributed by atoms with Gasteiger partial charge >= 0.3 is 0 Å². The molecule has 1 unspecified atom stereocenters. The molecular weight excluding hydrogens is 308 g/mol. The minimum Gasteiger partial charge on any atom is -0.323 e. The Morgan fingerprint density at radius 3 is 2.57 bits per heavy atom. The van der Waals surface area contributed by atoms with E-state index in [1.165, 1.54) is 16.7 Å². The first kappa shape index (κ1) is 17.5. The summed E-state index contributed by atoms with van der Waals surface area (Å²) in [7, 11) is 1.95. The zero-order chi connectivity index (χ0) is 17.0. The van der Waals surface area contributed by atoms with E-state index in [1.54, 1.807) is 12.1 Å². The number of hydrogen-bond donors (Lipinski definition) is 1. The van der Waals surface area contributed by atoms with Crippen LogP contribution in [0.15, 0.2) is 42.5 Å². The van der Waals surface area contributed by atoms with Crippen molar-refractivity contribution < 1.29 is 4.79 Å². The van der Waals surface area contributed by atoms with Gasteiger partial charge in [0.2, 0.25) is 5.91 Å². The molecule has 0 aliphatic carbocycles. The van der Waals surface area contributed by atoms with Crippen molar-refractivity contribution in [1.29, 1.82) is 0 Å². The number of benzene rings is 2. The van der Waals surface area contributed by atoms with Crippen LogP contribution in [0.3, 0.4) is 0 Å². The summed E-state index contributed by atoms with van der Waals surface area (Å²) in [5.74, 6) is -0.0645. The van der Waals surface area contributed by atoms with Crippen LogP contribution in [0.1, 0.15) is 23.6 Å². The fourth-order valence-electron chi connectivity index (χ4n) is 2.43. The van der Waals surface area contributed by atoms with E-state index in [0.717, 1.165) is 6.54 Å². The van der Waals surface area contributed by atoms with Gasteiger partial charge in [0.05, 0.1) is 16.8 Å². The summed E-state index contributed by atoms with van der Waals surface area (Å²) < 4.78 is 0. The van der Waals surface area contributed by atoms with Crippen LogP contribution in [0.25, 0.3) is 0 Å². The van der Waals surface area contributed by atoms with Crippen LogP contribution in [-0.2, 0) is 11.3 Å². The van der Waals surface area contributed by atoms with Gasteiger partial charge in [-0.2, -0.15) is 0 Å². The van der Waals surface area contributed by atoms with Crippen molar-refractivity contribution in [3.63, 3.8) is 0 Å². The first-order valence-corrected chi connectivity index (χ1v) is 8.08. The van der Waals surface area contributed by atoms with Crippen LogP contribution in [0, 0.1) is 13.8 Å². The smallest absolute Gasteiger partial charge is 0.241 e. The lowest BCUT2D eigenvalue weighted by atomic mass is 10.0. The van der Waals surface area contributed by atoms with Gasteiger partial charge in [0.15, 0.2) is 0 Å². The SMILES string of the molecule is Cc1ccc(CN(C)C(C)C(=O)Nc2ccccc2Cl)c(C)c1. The Morgan fingerprint density at radius 1 is 1.22 bits per heavy atom. The second-order valence-corrected chi connectivity index (χ2v) is 6.40. The second kappa shape index (κ2) is 7.62. The third-order valence-corrected chi connectivity index (χ3v) is 4.42. The van der Waals surface area contributed by atoms with Crippen LogP contribution in [-0.4, -0.2) is 23.9 Å². The molecule has 0 spiro atoms. The number of halogens is 1. The number of amides is 1. The summed E-state index contributed by atoms with van der Waals surface area (Å²) in [6, 6.07) is 13.4. The van der Waals surface area contributed by atoms with Gasteiger partial charge < -0.3 is 5.32 Å². The van der Waals surface area contributed by atoms with Gasteiger partial charge in [-0.3, -0.25) is 9.69 Å². The third kappa shape index (κ3) is 4.57. The molecule has 0 saturated carbocycles. The number of carbonyl (C=O) groups excluding carboxylic acids is 1. The van der Waals surface area contributed by atoms with Crippen LogP contribution >= 0.6 is 11.6 Å². The number of nitrogens with zero attached hydrogens (tertiary/aromatic N) is 1. The molecule has 122 valence electrons. The van der Waals surface area contributed by atoms with Crippen molar-refractivity contribution in [2.24, 2.45) is 0 Å². The highest BCUT2D eigenvalue weighted by atomic mass is 35.5. The number of para-hydroxylation sites is 1. The number of anilines is 1. The molecule has 0 heterocycles. The molecule has 0 aliphatic heterocycles. The lowest BCUT2D eigenvalue weighted by Gasteiger charge is -2.25. The zero-order valence-corrected chi connectivity index (χ0v) is 14.8. The summed E-state index contributed by atoms with van der Waals surface area (Å²) >= 11 is 6.09. The Kier molecular flexibility index (Phi) is 5.80. The van der Waals surface area contributed by atoms with E-state index in [0.29, 0.717) is 10.7 Å². The fourth-order valence-corrected chi connectivity index (χ4v) is 2.61. The van der Waals surface area contributed by atoms with Gasteiger partial charge in [-0.05, 0) is 51.1 Å². The standard InChI is InChI=1S/C19H23ClN2O/c1-13-9-10-16(14(2)11-13)12-22(4)15(3)19(23)21-18-8-6-5-7-17(18)20/h5-11,15H,12H2,1-4H3,(H,21,23). The maximum absolute atomic E-state index is 12.4. The molecule has 4 heteroatoms. The molecule has 3 nitrogen and oxygen atoms in total. The number of hydrogen-bond acceptors (Lipinski definition) is 2.